The maximum atomic E-state index is 12.9. The van der Waals surface area contributed by atoms with E-state index in [9.17, 15) is 9.18 Å². The van der Waals surface area contributed by atoms with Crippen LogP contribution in [0, 0.1) is 5.82 Å². The Bertz CT molecular complexity index is 634. The van der Waals surface area contributed by atoms with Gasteiger partial charge in [0, 0.05) is 18.9 Å². The average molecular weight is 301 g/mol. The predicted molar refractivity (Wildman–Crippen MR) is 77.4 cm³/mol. The van der Waals surface area contributed by atoms with E-state index in [0.717, 1.165) is 11.3 Å². The van der Waals surface area contributed by atoms with Crippen molar-refractivity contribution in [1.29, 1.82) is 0 Å². The molecule has 1 atom stereocenters. The van der Waals surface area contributed by atoms with Crippen molar-refractivity contribution >= 4 is 5.91 Å². The first kappa shape index (κ1) is 14.6. The highest BCUT2D eigenvalue weighted by atomic mass is 19.1. The first-order chi connectivity index (χ1) is 10.7. The highest BCUT2D eigenvalue weighted by Crippen LogP contribution is 2.20. The first-order valence-corrected chi connectivity index (χ1v) is 7.12. The van der Waals surface area contributed by atoms with Crippen molar-refractivity contribution in [3.63, 3.8) is 0 Å². The molecule has 0 radical (unpaired) electrons. The van der Waals surface area contributed by atoms with Gasteiger partial charge in [-0.25, -0.2) is 4.39 Å². The van der Waals surface area contributed by atoms with Crippen LogP contribution in [0.1, 0.15) is 17.4 Å². The van der Waals surface area contributed by atoms with E-state index in [1.165, 1.54) is 12.1 Å². The van der Waals surface area contributed by atoms with Crippen LogP contribution in [-0.4, -0.2) is 40.5 Å². The van der Waals surface area contributed by atoms with E-state index in [-0.39, 0.29) is 24.2 Å². The van der Waals surface area contributed by atoms with E-state index in [0.29, 0.717) is 19.7 Å². The molecule has 0 bridgehead atoms. The number of morpholine rings is 1. The van der Waals surface area contributed by atoms with Crippen LogP contribution >= 0.6 is 0 Å². The average Bonchev–Trinajstić information content (AvgIpc) is 2.58. The summed E-state index contributed by atoms with van der Waals surface area (Å²) < 4.78 is 18.6. The van der Waals surface area contributed by atoms with Crippen molar-refractivity contribution < 1.29 is 13.9 Å². The molecule has 0 saturated carbocycles. The Hall–Kier alpha value is -2.34. The predicted octanol–water partition coefficient (Wildman–Crippen LogP) is 1.76. The fourth-order valence-corrected chi connectivity index (χ4v) is 2.42. The summed E-state index contributed by atoms with van der Waals surface area (Å²) in [5.41, 5.74) is 1.52. The number of halogens is 1. The SMILES string of the molecule is O=C(Cc1ccc(F)cc1)N1CCOC(c2cnccn2)C1. The molecule has 1 saturated heterocycles. The summed E-state index contributed by atoms with van der Waals surface area (Å²) >= 11 is 0. The lowest BCUT2D eigenvalue weighted by atomic mass is 10.1. The molecule has 1 fully saturated rings. The molecule has 6 heteroatoms. The molecule has 2 heterocycles. The number of carbonyl (C=O) groups excluding carboxylic acids is 1. The van der Waals surface area contributed by atoms with Crippen molar-refractivity contribution in [3.8, 4) is 0 Å². The number of ether oxygens (including phenoxy) is 1. The molecule has 0 N–H and O–H groups in total. The quantitative estimate of drug-likeness (QED) is 0.867. The van der Waals surface area contributed by atoms with Crippen molar-refractivity contribution in [2.75, 3.05) is 19.7 Å². The third-order valence-electron chi connectivity index (χ3n) is 3.60. The third kappa shape index (κ3) is 3.46. The summed E-state index contributed by atoms with van der Waals surface area (Å²) in [7, 11) is 0. The topological polar surface area (TPSA) is 55.3 Å². The number of aromatic nitrogens is 2. The van der Waals surface area contributed by atoms with Gasteiger partial charge in [-0.05, 0) is 17.7 Å². The van der Waals surface area contributed by atoms with E-state index < -0.39 is 0 Å². The molecule has 1 aliphatic rings. The van der Waals surface area contributed by atoms with Gasteiger partial charge >= 0.3 is 0 Å². The fraction of sp³-hybridized carbons (Fsp3) is 0.312. The lowest BCUT2D eigenvalue weighted by Gasteiger charge is -2.32. The smallest absolute Gasteiger partial charge is 0.227 e. The van der Waals surface area contributed by atoms with E-state index >= 15 is 0 Å². The molecule has 5 nitrogen and oxygen atoms in total. The van der Waals surface area contributed by atoms with Gasteiger partial charge in [-0.15, -0.1) is 0 Å². The Morgan fingerprint density at radius 3 is 2.86 bits per heavy atom. The second kappa shape index (κ2) is 6.62. The zero-order valence-corrected chi connectivity index (χ0v) is 12.0. The summed E-state index contributed by atoms with van der Waals surface area (Å²) in [5, 5.41) is 0. The van der Waals surface area contributed by atoms with E-state index in [4.69, 9.17) is 4.74 Å². The van der Waals surface area contributed by atoms with Crippen LogP contribution in [0.5, 0.6) is 0 Å². The van der Waals surface area contributed by atoms with Crippen molar-refractivity contribution in [2.24, 2.45) is 0 Å². The van der Waals surface area contributed by atoms with Crippen LogP contribution in [0.15, 0.2) is 42.9 Å². The molecule has 1 aromatic carbocycles. The number of nitrogens with zero attached hydrogens (tertiary/aromatic N) is 3. The minimum Gasteiger partial charge on any atom is -0.368 e. The van der Waals surface area contributed by atoms with Gasteiger partial charge in [-0.3, -0.25) is 14.8 Å². The molecule has 2 aromatic rings. The zero-order chi connectivity index (χ0) is 15.4. The summed E-state index contributed by atoms with van der Waals surface area (Å²) in [4.78, 5) is 22.4. The van der Waals surface area contributed by atoms with E-state index in [1.807, 2.05) is 0 Å². The van der Waals surface area contributed by atoms with E-state index in [1.54, 1.807) is 35.6 Å². The fourth-order valence-electron chi connectivity index (χ4n) is 2.42. The van der Waals surface area contributed by atoms with Crippen LogP contribution in [0.25, 0.3) is 0 Å². The summed E-state index contributed by atoms with van der Waals surface area (Å²) in [6, 6.07) is 6.00. The highest BCUT2D eigenvalue weighted by Gasteiger charge is 2.26. The molecule has 22 heavy (non-hydrogen) atoms. The molecular weight excluding hydrogens is 285 g/mol. The molecule has 0 spiro atoms. The number of amides is 1. The van der Waals surface area contributed by atoms with Crippen molar-refractivity contribution in [1.82, 2.24) is 14.9 Å². The second-order valence-corrected chi connectivity index (χ2v) is 5.13. The van der Waals surface area contributed by atoms with Crippen LogP contribution in [0.3, 0.4) is 0 Å². The molecule has 1 aromatic heterocycles. The van der Waals surface area contributed by atoms with Gasteiger partial charge in [0.2, 0.25) is 5.91 Å². The molecule has 3 rings (SSSR count). The van der Waals surface area contributed by atoms with Gasteiger partial charge in [0.25, 0.3) is 0 Å². The normalized spacial score (nSPS) is 18.2. The Morgan fingerprint density at radius 1 is 1.32 bits per heavy atom. The summed E-state index contributed by atoms with van der Waals surface area (Å²) in [5.74, 6) is -0.297. The largest absolute Gasteiger partial charge is 0.368 e. The lowest BCUT2D eigenvalue weighted by Crippen LogP contribution is -2.43. The number of hydrogen-bond donors (Lipinski definition) is 0. The number of carbonyl (C=O) groups is 1. The van der Waals surface area contributed by atoms with Gasteiger partial charge < -0.3 is 9.64 Å². The number of hydrogen-bond acceptors (Lipinski definition) is 4. The minimum absolute atomic E-state index is 0.00352. The first-order valence-electron chi connectivity index (χ1n) is 7.12. The van der Waals surface area contributed by atoms with Gasteiger partial charge in [-0.1, -0.05) is 12.1 Å². The molecular formula is C16H16FN3O2. The van der Waals surface area contributed by atoms with Gasteiger partial charge in [0.15, 0.2) is 0 Å². The third-order valence-corrected chi connectivity index (χ3v) is 3.60. The van der Waals surface area contributed by atoms with Crippen molar-refractivity contribution in [2.45, 2.75) is 12.5 Å². The van der Waals surface area contributed by atoms with Crippen LogP contribution < -0.4 is 0 Å². The van der Waals surface area contributed by atoms with Crippen LogP contribution in [0.4, 0.5) is 4.39 Å². The number of rotatable bonds is 3. The number of benzene rings is 1. The molecule has 114 valence electrons. The Labute approximate surface area is 127 Å². The minimum atomic E-state index is -0.301. The van der Waals surface area contributed by atoms with Gasteiger partial charge in [0.1, 0.15) is 11.9 Å². The molecule has 1 amide bonds. The zero-order valence-electron chi connectivity index (χ0n) is 12.0. The monoisotopic (exact) mass is 301 g/mol. The van der Waals surface area contributed by atoms with Crippen molar-refractivity contribution in [3.05, 3.63) is 59.9 Å². The summed E-state index contributed by atoms with van der Waals surface area (Å²) in [6.07, 6.45) is 4.87. The van der Waals surface area contributed by atoms with Gasteiger partial charge in [-0.2, -0.15) is 0 Å². The lowest BCUT2D eigenvalue weighted by molar-refractivity contribution is -0.138. The van der Waals surface area contributed by atoms with Crippen LogP contribution in [-0.2, 0) is 16.0 Å². The Kier molecular flexibility index (Phi) is 4.39. The molecule has 1 unspecified atom stereocenters. The van der Waals surface area contributed by atoms with Crippen LogP contribution in [0.2, 0.25) is 0 Å². The summed E-state index contributed by atoms with van der Waals surface area (Å²) in [6.45, 7) is 1.48. The van der Waals surface area contributed by atoms with Gasteiger partial charge in [0.05, 0.1) is 31.5 Å². The van der Waals surface area contributed by atoms with E-state index in [2.05, 4.69) is 9.97 Å². The maximum absolute atomic E-state index is 12.9. The Balaban J connectivity index is 1.64. The second-order valence-electron chi connectivity index (χ2n) is 5.13. The highest BCUT2D eigenvalue weighted by molar-refractivity contribution is 5.78. The standard InChI is InChI=1S/C16H16FN3O2/c17-13-3-1-12(2-4-13)9-16(21)20-7-8-22-15(11-20)14-10-18-5-6-19-14/h1-6,10,15H,7-9,11H2. The Morgan fingerprint density at radius 2 is 2.14 bits per heavy atom. The maximum Gasteiger partial charge on any atom is 0.227 e. The molecule has 1 aliphatic heterocycles. The molecule has 0 aliphatic carbocycles.